The van der Waals surface area contributed by atoms with Crippen LogP contribution in [0.3, 0.4) is 0 Å². The summed E-state index contributed by atoms with van der Waals surface area (Å²) >= 11 is 6.16. The number of aliphatic carboxylic acids is 1. The lowest BCUT2D eigenvalue weighted by Crippen LogP contribution is -2.40. The highest BCUT2D eigenvalue weighted by Crippen LogP contribution is 2.44. The Kier molecular flexibility index (Phi) is 4.17. The molecule has 0 spiro atoms. The van der Waals surface area contributed by atoms with Crippen LogP contribution in [-0.4, -0.2) is 23.4 Å². The Balaban J connectivity index is 2.75. The lowest BCUT2D eigenvalue weighted by atomic mass is 9.90. The van der Waals surface area contributed by atoms with E-state index in [0.717, 1.165) is 6.08 Å². The molecule has 0 fully saturated rings. The van der Waals surface area contributed by atoms with E-state index in [9.17, 15) is 18.0 Å². The molecule has 1 aliphatic rings. The standard InChI is InChI=1S/C15H14ClF3O3/c1-6(2)11-8-5-9(14(20)21)13(15(17,18)19)22-12(8)7(3)4-10(11)16/h4-6,13H,1-3H3,(H,20,21). The molecule has 0 amide bonds. The maximum atomic E-state index is 13.1. The van der Waals surface area contributed by atoms with Gasteiger partial charge in [-0.2, -0.15) is 13.2 Å². The first-order valence-electron chi connectivity index (χ1n) is 6.55. The van der Waals surface area contributed by atoms with Gasteiger partial charge in [-0.15, -0.1) is 0 Å². The highest BCUT2D eigenvalue weighted by atomic mass is 35.5. The van der Waals surface area contributed by atoms with Crippen molar-refractivity contribution in [2.24, 2.45) is 0 Å². The van der Waals surface area contributed by atoms with E-state index in [-0.39, 0.29) is 11.7 Å². The number of rotatable bonds is 2. The molecule has 0 aromatic heterocycles. The van der Waals surface area contributed by atoms with Crippen molar-refractivity contribution in [3.63, 3.8) is 0 Å². The number of alkyl halides is 3. The second-order valence-corrected chi connectivity index (χ2v) is 5.84. The van der Waals surface area contributed by atoms with Gasteiger partial charge in [0.1, 0.15) is 5.75 Å². The van der Waals surface area contributed by atoms with Crippen LogP contribution in [0, 0.1) is 6.92 Å². The zero-order valence-corrected chi connectivity index (χ0v) is 12.8. The van der Waals surface area contributed by atoms with Crippen molar-refractivity contribution in [2.45, 2.75) is 39.0 Å². The van der Waals surface area contributed by atoms with Crippen LogP contribution in [0.4, 0.5) is 13.2 Å². The van der Waals surface area contributed by atoms with Crippen LogP contribution in [0.2, 0.25) is 5.02 Å². The fourth-order valence-corrected chi connectivity index (χ4v) is 3.00. The quantitative estimate of drug-likeness (QED) is 0.862. The zero-order valence-electron chi connectivity index (χ0n) is 12.1. The average molecular weight is 335 g/mol. The average Bonchev–Trinajstić information content (AvgIpc) is 2.35. The van der Waals surface area contributed by atoms with Crippen molar-refractivity contribution in [2.75, 3.05) is 0 Å². The van der Waals surface area contributed by atoms with Crippen LogP contribution in [0.15, 0.2) is 11.6 Å². The first-order chi connectivity index (χ1) is 10.0. The topological polar surface area (TPSA) is 46.5 Å². The molecule has 2 rings (SSSR count). The summed E-state index contributed by atoms with van der Waals surface area (Å²) in [5.41, 5.74) is 0.461. The second-order valence-electron chi connectivity index (χ2n) is 5.43. The van der Waals surface area contributed by atoms with E-state index < -0.39 is 23.8 Å². The molecule has 0 aliphatic carbocycles. The third-order valence-electron chi connectivity index (χ3n) is 3.43. The third kappa shape index (κ3) is 2.79. The van der Waals surface area contributed by atoms with Gasteiger partial charge in [0.2, 0.25) is 6.10 Å². The number of benzene rings is 1. The minimum atomic E-state index is -4.81. The van der Waals surface area contributed by atoms with Crippen LogP contribution < -0.4 is 4.74 Å². The molecule has 1 aromatic rings. The number of carboxylic acid groups (broad SMARTS) is 1. The number of aryl methyl sites for hydroxylation is 1. The monoisotopic (exact) mass is 334 g/mol. The van der Waals surface area contributed by atoms with Gasteiger partial charge in [-0.25, -0.2) is 4.79 Å². The van der Waals surface area contributed by atoms with Gasteiger partial charge in [0.05, 0.1) is 5.57 Å². The van der Waals surface area contributed by atoms with Crippen molar-refractivity contribution in [1.29, 1.82) is 0 Å². The van der Waals surface area contributed by atoms with E-state index in [1.54, 1.807) is 6.92 Å². The van der Waals surface area contributed by atoms with Crippen LogP contribution in [0.25, 0.3) is 6.08 Å². The molecule has 0 saturated heterocycles. The molecule has 1 unspecified atom stereocenters. The van der Waals surface area contributed by atoms with E-state index in [0.29, 0.717) is 21.7 Å². The molecule has 0 radical (unpaired) electrons. The molecule has 1 atom stereocenters. The Hall–Kier alpha value is -1.69. The van der Waals surface area contributed by atoms with Gasteiger partial charge in [0.15, 0.2) is 0 Å². The van der Waals surface area contributed by atoms with Crippen LogP contribution >= 0.6 is 11.6 Å². The highest BCUT2D eigenvalue weighted by molar-refractivity contribution is 6.31. The van der Waals surface area contributed by atoms with Crippen molar-refractivity contribution < 1.29 is 27.8 Å². The molecule has 0 bridgehead atoms. The fraction of sp³-hybridized carbons (Fsp3) is 0.400. The number of ether oxygens (including phenoxy) is 1. The van der Waals surface area contributed by atoms with Gasteiger partial charge in [0, 0.05) is 10.6 Å². The van der Waals surface area contributed by atoms with Gasteiger partial charge in [-0.05, 0) is 36.1 Å². The summed E-state index contributed by atoms with van der Waals surface area (Å²) in [6.45, 7) is 5.21. The van der Waals surface area contributed by atoms with E-state index in [2.05, 4.69) is 0 Å². The number of fused-ring (bicyclic) bond motifs is 1. The summed E-state index contributed by atoms with van der Waals surface area (Å²) in [7, 11) is 0. The molecule has 0 saturated carbocycles. The van der Waals surface area contributed by atoms with Crippen molar-refractivity contribution in [3.8, 4) is 5.75 Å². The Bertz CT molecular complexity index is 663. The van der Waals surface area contributed by atoms with Crippen molar-refractivity contribution in [3.05, 3.63) is 33.4 Å². The second kappa shape index (κ2) is 5.50. The maximum absolute atomic E-state index is 13.1. The number of carboxylic acids is 1. The highest BCUT2D eigenvalue weighted by Gasteiger charge is 2.49. The minimum Gasteiger partial charge on any atom is -0.478 e. The summed E-state index contributed by atoms with van der Waals surface area (Å²) in [5.74, 6) is -1.74. The lowest BCUT2D eigenvalue weighted by molar-refractivity contribution is -0.187. The summed E-state index contributed by atoms with van der Waals surface area (Å²) in [6, 6.07) is 1.53. The Morgan fingerprint density at radius 2 is 2.00 bits per heavy atom. The Labute approximate surface area is 130 Å². The van der Waals surface area contributed by atoms with E-state index >= 15 is 0 Å². The molecule has 1 aromatic carbocycles. The van der Waals surface area contributed by atoms with E-state index in [1.807, 2.05) is 13.8 Å². The Morgan fingerprint density at radius 3 is 2.45 bits per heavy atom. The molecule has 1 N–H and O–H groups in total. The summed E-state index contributed by atoms with van der Waals surface area (Å²) in [6.07, 6.45) is -6.28. The van der Waals surface area contributed by atoms with Gasteiger partial charge < -0.3 is 9.84 Å². The molecular formula is C15H14ClF3O3. The predicted molar refractivity (Wildman–Crippen MR) is 76.4 cm³/mol. The van der Waals surface area contributed by atoms with Gasteiger partial charge in [-0.1, -0.05) is 25.4 Å². The fourth-order valence-electron chi connectivity index (χ4n) is 2.51. The number of hydrogen-bond acceptors (Lipinski definition) is 2. The van der Waals surface area contributed by atoms with Gasteiger partial charge in [-0.3, -0.25) is 0 Å². The smallest absolute Gasteiger partial charge is 0.430 e. The van der Waals surface area contributed by atoms with E-state index in [4.69, 9.17) is 21.4 Å². The first-order valence-corrected chi connectivity index (χ1v) is 6.93. The molecular weight excluding hydrogens is 321 g/mol. The van der Waals surface area contributed by atoms with Crippen LogP contribution in [0.1, 0.15) is 36.5 Å². The Morgan fingerprint density at radius 1 is 1.41 bits per heavy atom. The summed E-state index contributed by atoms with van der Waals surface area (Å²) < 4.78 is 44.2. The number of carbonyl (C=O) groups is 1. The predicted octanol–water partition coefficient (Wildman–Crippen LogP) is 4.56. The normalized spacial score (nSPS) is 17.8. The summed E-state index contributed by atoms with van der Waals surface area (Å²) in [5, 5.41) is 9.46. The number of hydrogen-bond donors (Lipinski definition) is 1. The number of halogens is 4. The van der Waals surface area contributed by atoms with Crippen LogP contribution in [-0.2, 0) is 4.79 Å². The van der Waals surface area contributed by atoms with Crippen molar-refractivity contribution >= 4 is 23.6 Å². The van der Waals surface area contributed by atoms with Gasteiger partial charge >= 0.3 is 12.1 Å². The zero-order chi connectivity index (χ0) is 16.8. The van der Waals surface area contributed by atoms with Gasteiger partial charge in [0.25, 0.3) is 0 Å². The molecule has 1 heterocycles. The minimum absolute atomic E-state index is 0.0282. The molecule has 3 nitrogen and oxygen atoms in total. The van der Waals surface area contributed by atoms with E-state index in [1.165, 1.54) is 6.07 Å². The molecule has 120 valence electrons. The maximum Gasteiger partial charge on any atom is 0.430 e. The third-order valence-corrected chi connectivity index (χ3v) is 3.75. The van der Waals surface area contributed by atoms with Crippen molar-refractivity contribution in [1.82, 2.24) is 0 Å². The molecule has 7 heteroatoms. The largest absolute Gasteiger partial charge is 0.478 e. The first kappa shape index (κ1) is 16.7. The lowest BCUT2D eigenvalue weighted by Gasteiger charge is -2.30. The van der Waals surface area contributed by atoms with Crippen LogP contribution in [0.5, 0.6) is 5.75 Å². The molecule has 22 heavy (non-hydrogen) atoms. The molecule has 1 aliphatic heterocycles. The summed E-state index contributed by atoms with van der Waals surface area (Å²) in [4.78, 5) is 11.2. The SMILES string of the molecule is Cc1cc(Cl)c(C(C)C)c2c1OC(C(F)(F)F)C(C(=O)O)=C2.